The van der Waals surface area contributed by atoms with Crippen molar-refractivity contribution in [2.45, 2.75) is 58.8 Å². The van der Waals surface area contributed by atoms with Gasteiger partial charge in [0.1, 0.15) is 12.7 Å². The highest BCUT2D eigenvalue weighted by molar-refractivity contribution is 6.10. The van der Waals surface area contributed by atoms with E-state index in [0.29, 0.717) is 12.0 Å². The van der Waals surface area contributed by atoms with E-state index >= 15 is 0 Å². The number of carbonyl (C=O) groups is 4. The monoisotopic (exact) mass is 628 g/mol. The van der Waals surface area contributed by atoms with Crippen LogP contribution >= 0.6 is 0 Å². The van der Waals surface area contributed by atoms with Gasteiger partial charge in [-0.2, -0.15) is 0 Å². The third-order valence-electron chi connectivity index (χ3n) is 11.0. The number of carbonyl (C=O) groups excluding carboxylic acids is 4. The van der Waals surface area contributed by atoms with Crippen LogP contribution in [0.2, 0.25) is 0 Å². The van der Waals surface area contributed by atoms with Crippen molar-refractivity contribution in [3.8, 4) is 0 Å². The molecule has 10 nitrogen and oxygen atoms in total. The average molecular weight is 629 g/mol. The number of aliphatic hydroxyl groups excluding tert-OH is 1. The van der Waals surface area contributed by atoms with Gasteiger partial charge in [0.15, 0.2) is 17.5 Å². The van der Waals surface area contributed by atoms with Gasteiger partial charge in [0, 0.05) is 18.5 Å². The number of para-hydroxylation sites is 2. The topological polar surface area (TPSA) is 165 Å². The number of hydrogen-bond acceptors (Lipinski definition) is 9. The van der Waals surface area contributed by atoms with Crippen LogP contribution in [0.3, 0.4) is 0 Å². The quantitative estimate of drug-likeness (QED) is 0.210. The first-order valence-corrected chi connectivity index (χ1v) is 15.6. The summed E-state index contributed by atoms with van der Waals surface area (Å²) in [7, 11) is 0. The first-order valence-electron chi connectivity index (χ1n) is 15.6. The Morgan fingerprint density at radius 2 is 1.72 bits per heavy atom. The van der Waals surface area contributed by atoms with Gasteiger partial charge in [-0.1, -0.05) is 57.2 Å². The molecule has 46 heavy (non-hydrogen) atoms. The average Bonchev–Trinajstić information content (AvgIpc) is 3.50. The Labute approximate surface area is 267 Å². The maximum Gasteiger partial charge on any atom is 0.340 e. The van der Waals surface area contributed by atoms with Gasteiger partial charge in [0.2, 0.25) is 0 Å². The number of benzene rings is 2. The molecule has 0 heterocycles. The van der Waals surface area contributed by atoms with Crippen molar-refractivity contribution in [2.24, 2.45) is 34.5 Å². The largest absolute Gasteiger partial charge is 0.457 e. The highest BCUT2D eigenvalue weighted by atomic mass is 16.6. The highest BCUT2D eigenvalue weighted by Crippen LogP contribution is 2.71. The molecule has 2 aromatic rings. The number of hydrogen-bond donors (Lipinski definition) is 4. The lowest BCUT2D eigenvalue weighted by atomic mass is 9.59. The Kier molecular flexibility index (Phi) is 7.52. The summed E-state index contributed by atoms with van der Waals surface area (Å²) in [6.07, 6.45) is 1.02. The number of anilines is 2. The second-order valence-electron chi connectivity index (χ2n) is 13.9. The van der Waals surface area contributed by atoms with Crippen LogP contribution < -0.4 is 11.1 Å². The molecule has 6 rings (SSSR count). The van der Waals surface area contributed by atoms with Crippen LogP contribution in [0, 0.1) is 34.5 Å². The Hall–Kier alpha value is -4.28. The molecule has 4 aliphatic rings. The molecule has 1 amide bonds. The second kappa shape index (κ2) is 10.9. The van der Waals surface area contributed by atoms with Crippen molar-refractivity contribution < 1.29 is 38.9 Å². The first kappa shape index (κ1) is 31.7. The van der Waals surface area contributed by atoms with Crippen molar-refractivity contribution in [2.75, 3.05) is 17.7 Å². The summed E-state index contributed by atoms with van der Waals surface area (Å²) in [6, 6.07) is 12.9. The molecule has 10 heteroatoms. The maximum atomic E-state index is 14.6. The van der Waals surface area contributed by atoms with Crippen LogP contribution in [0.1, 0.15) is 61.8 Å². The normalized spacial score (nSPS) is 33.7. The maximum absolute atomic E-state index is 14.6. The lowest BCUT2D eigenvalue weighted by Gasteiger charge is -2.48. The van der Waals surface area contributed by atoms with E-state index in [2.05, 4.69) is 19.2 Å². The lowest BCUT2D eigenvalue weighted by molar-refractivity contribution is -0.202. The van der Waals surface area contributed by atoms with E-state index in [1.807, 2.05) is 6.92 Å². The van der Waals surface area contributed by atoms with Crippen LogP contribution in [-0.2, 0) is 19.1 Å². The number of Topliss-reactive ketones (excluding diaryl/α,β-unsaturated/α-hetero) is 1. The third-order valence-corrected chi connectivity index (χ3v) is 11.0. The molecule has 8 unspecified atom stereocenters. The van der Waals surface area contributed by atoms with Crippen LogP contribution in [-0.4, -0.2) is 58.3 Å². The predicted octanol–water partition coefficient (Wildman–Crippen LogP) is 4.09. The molecule has 5 N–H and O–H groups in total. The molecule has 4 aliphatic carbocycles. The van der Waals surface area contributed by atoms with Gasteiger partial charge in [0.25, 0.3) is 5.91 Å². The summed E-state index contributed by atoms with van der Waals surface area (Å²) in [4.78, 5) is 53.3. The van der Waals surface area contributed by atoms with Crippen molar-refractivity contribution >= 4 is 35.0 Å². The van der Waals surface area contributed by atoms with Crippen LogP contribution in [0.25, 0.3) is 0 Å². The van der Waals surface area contributed by atoms with Crippen molar-refractivity contribution in [1.29, 1.82) is 0 Å². The van der Waals surface area contributed by atoms with Gasteiger partial charge in [-0.05, 0) is 71.9 Å². The fourth-order valence-corrected chi connectivity index (χ4v) is 8.64. The van der Waals surface area contributed by atoms with Gasteiger partial charge < -0.3 is 30.7 Å². The zero-order valence-electron chi connectivity index (χ0n) is 26.6. The number of nitrogens with one attached hydrogen (secondary N) is 1. The predicted molar refractivity (Wildman–Crippen MR) is 169 cm³/mol. The Morgan fingerprint density at radius 1 is 1.07 bits per heavy atom. The van der Waals surface area contributed by atoms with Crippen LogP contribution in [0.5, 0.6) is 0 Å². The summed E-state index contributed by atoms with van der Waals surface area (Å²) in [5.41, 5.74) is 3.45. The highest BCUT2D eigenvalue weighted by Gasteiger charge is 2.76. The number of fused-ring (bicyclic) bond motifs is 3. The number of ketones is 1. The number of nitrogens with two attached hydrogens (primary N) is 1. The number of allylic oxidation sites excluding steroid dienone is 1. The molecule has 0 aliphatic heterocycles. The number of amides is 1. The van der Waals surface area contributed by atoms with Gasteiger partial charge in [-0.15, -0.1) is 0 Å². The molecule has 8 atom stereocenters. The van der Waals surface area contributed by atoms with E-state index in [9.17, 15) is 29.4 Å². The first-order chi connectivity index (χ1) is 21.7. The molecule has 2 bridgehead atoms. The molecular formula is C36H40N2O8. The van der Waals surface area contributed by atoms with Gasteiger partial charge >= 0.3 is 11.9 Å². The smallest absolute Gasteiger partial charge is 0.340 e. The number of rotatable bonds is 6. The fraction of sp³-hybridized carbons (Fsp3) is 0.444. The molecule has 2 saturated carbocycles. The number of aliphatic hydroxyl groups is 2. The van der Waals surface area contributed by atoms with Crippen molar-refractivity contribution in [3.63, 3.8) is 0 Å². The van der Waals surface area contributed by atoms with E-state index in [1.54, 1.807) is 61.5 Å². The van der Waals surface area contributed by atoms with E-state index in [-0.39, 0.29) is 57.0 Å². The molecule has 0 saturated heterocycles. The molecule has 0 aromatic heterocycles. The van der Waals surface area contributed by atoms with Crippen LogP contribution in [0.15, 0.2) is 71.8 Å². The molecule has 242 valence electrons. The Morgan fingerprint density at radius 3 is 2.39 bits per heavy atom. The zero-order chi connectivity index (χ0) is 33.3. The Bertz CT molecular complexity index is 1710. The molecule has 2 fully saturated rings. The van der Waals surface area contributed by atoms with Crippen molar-refractivity contribution in [1.82, 2.24) is 0 Å². The van der Waals surface area contributed by atoms with E-state index in [4.69, 9.17) is 15.2 Å². The lowest BCUT2D eigenvalue weighted by Crippen LogP contribution is -2.65. The summed E-state index contributed by atoms with van der Waals surface area (Å²) in [6.45, 7) is 8.59. The molecule has 0 radical (unpaired) electrons. The van der Waals surface area contributed by atoms with Crippen molar-refractivity contribution in [3.05, 3.63) is 83.0 Å². The summed E-state index contributed by atoms with van der Waals surface area (Å²) < 4.78 is 11.3. The zero-order valence-corrected chi connectivity index (χ0v) is 26.6. The van der Waals surface area contributed by atoms with E-state index in [0.717, 1.165) is 0 Å². The molecule has 1 spiro atoms. The minimum absolute atomic E-state index is 0.0371. The Balaban J connectivity index is 1.34. The summed E-state index contributed by atoms with van der Waals surface area (Å²) >= 11 is 0. The van der Waals surface area contributed by atoms with E-state index in [1.165, 1.54) is 13.0 Å². The number of nitrogen functional groups attached to an aromatic ring is 1. The van der Waals surface area contributed by atoms with Gasteiger partial charge in [0.05, 0.1) is 22.2 Å². The molecule has 2 aromatic carbocycles. The minimum atomic E-state index is -2.23. The van der Waals surface area contributed by atoms with E-state index < -0.39 is 53.6 Å². The molecular weight excluding hydrogens is 588 g/mol. The second-order valence-corrected chi connectivity index (χ2v) is 13.9. The standard InChI is InChI=1S/C36H40N2O8/c1-18-16-35-19(2)14-25-28(34(25,4)5)24(30(35)41)15-21(29(40)36(35,44)31(18)46-20(3)39)17-45-33(43)23-11-7-9-13-27(23)38-32(42)22-10-6-8-12-26(22)37/h6-13,15-16,19,24-25,28-29,31,40,44H,14,17,37H2,1-5H3,(H,38,42). The third kappa shape index (κ3) is 4.52. The minimum Gasteiger partial charge on any atom is -0.457 e. The number of ether oxygens (including phenoxy) is 2. The SMILES string of the molecule is CC(=O)OC1C(C)=CC23C(=O)C(C=C(COC(=O)c4ccccc4NC(=O)c4ccccc4N)C(O)C12O)C1C(CC3C)C1(C)C. The number of esters is 2. The van der Waals surface area contributed by atoms with Crippen LogP contribution in [0.4, 0.5) is 11.4 Å². The fourth-order valence-electron chi connectivity index (χ4n) is 8.64. The van der Waals surface area contributed by atoms with Gasteiger partial charge in [-0.3, -0.25) is 14.4 Å². The van der Waals surface area contributed by atoms with Gasteiger partial charge in [-0.25, -0.2) is 4.79 Å². The summed E-state index contributed by atoms with van der Waals surface area (Å²) in [5, 5.41) is 27.4. The summed E-state index contributed by atoms with van der Waals surface area (Å²) in [5.74, 6) is -3.08.